The number of aromatic nitrogens is 1. The van der Waals surface area contributed by atoms with Crippen LogP contribution in [0.1, 0.15) is 53.5 Å². The number of anilines is 1. The number of carbonyl (C=O) groups is 1. The van der Waals surface area contributed by atoms with Gasteiger partial charge in [-0.05, 0) is 90.6 Å². The predicted molar refractivity (Wildman–Crippen MR) is 126 cm³/mol. The van der Waals surface area contributed by atoms with Gasteiger partial charge >= 0.3 is 5.97 Å². The lowest BCUT2D eigenvalue weighted by atomic mass is 9.89. The Hall–Kier alpha value is -3.34. The van der Waals surface area contributed by atoms with Crippen molar-refractivity contribution >= 4 is 11.8 Å². The zero-order valence-corrected chi connectivity index (χ0v) is 18.5. The van der Waals surface area contributed by atoms with Crippen molar-refractivity contribution in [3.05, 3.63) is 88.6 Å². The van der Waals surface area contributed by atoms with Gasteiger partial charge in [-0.3, -0.25) is 4.79 Å². The second-order valence-electron chi connectivity index (χ2n) is 8.26. The summed E-state index contributed by atoms with van der Waals surface area (Å²) in [6.07, 6.45) is 5.63. The van der Waals surface area contributed by atoms with Gasteiger partial charge in [0, 0.05) is 6.20 Å². The van der Waals surface area contributed by atoms with Crippen LogP contribution in [0.25, 0.3) is 0 Å². The minimum atomic E-state index is -0.133. The summed E-state index contributed by atoms with van der Waals surface area (Å²) in [7, 11) is 0. The molecule has 0 fully saturated rings. The van der Waals surface area contributed by atoms with Gasteiger partial charge in [0.15, 0.2) is 0 Å². The van der Waals surface area contributed by atoms with Gasteiger partial charge in [-0.25, -0.2) is 4.98 Å². The van der Waals surface area contributed by atoms with Crippen molar-refractivity contribution in [3.63, 3.8) is 0 Å². The summed E-state index contributed by atoms with van der Waals surface area (Å²) in [5, 5.41) is 0. The summed E-state index contributed by atoms with van der Waals surface area (Å²) in [4.78, 5) is 16.2. The lowest BCUT2D eigenvalue weighted by molar-refractivity contribution is -0.143. The number of nitrogens with zero attached hydrogens (tertiary/aromatic N) is 1. The third kappa shape index (κ3) is 5.47. The maximum absolute atomic E-state index is 12.2. The molecule has 2 N–H and O–H groups in total. The van der Waals surface area contributed by atoms with Crippen molar-refractivity contribution in [3.8, 4) is 5.75 Å². The number of hydrogen-bond acceptors (Lipinski definition) is 5. The van der Waals surface area contributed by atoms with E-state index in [9.17, 15) is 4.79 Å². The zero-order chi connectivity index (χ0) is 22.3. The van der Waals surface area contributed by atoms with Crippen LogP contribution in [0.4, 0.5) is 5.82 Å². The topological polar surface area (TPSA) is 74.4 Å². The van der Waals surface area contributed by atoms with Gasteiger partial charge in [-0.1, -0.05) is 30.3 Å². The molecular weight excluding hydrogens is 400 g/mol. The number of carbonyl (C=O) groups excluding carboxylic acids is 1. The summed E-state index contributed by atoms with van der Waals surface area (Å²) in [6.45, 7) is 2.91. The Bertz CT molecular complexity index is 1080. The second-order valence-corrected chi connectivity index (χ2v) is 8.26. The van der Waals surface area contributed by atoms with Crippen molar-refractivity contribution in [2.45, 2.75) is 44.9 Å². The summed E-state index contributed by atoms with van der Waals surface area (Å²) >= 11 is 0. The molecule has 0 radical (unpaired) electrons. The fraction of sp³-hybridized carbons (Fsp3) is 0.333. The fourth-order valence-corrected chi connectivity index (χ4v) is 4.45. The molecule has 1 atom stereocenters. The molecule has 1 aliphatic rings. The highest BCUT2D eigenvalue weighted by atomic mass is 16.5. The zero-order valence-electron chi connectivity index (χ0n) is 18.5. The molecule has 0 saturated heterocycles. The van der Waals surface area contributed by atoms with Crippen LogP contribution in [-0.2, 0) is 28.8 Å². The number of aryl methyl sites for hydroxylation is 1. The molecule has 0 bridgehead atoms. The van der Waals surface area contributed by atoms with E-state index in [0.717, 1.165) is 31.4 Å². The van der Waals surface area contributed by atoms with Crippen LogP contribution in [0.15, 0.2) is 60.8 Å². The average molecular weight is 431 g/mol. The average Bonchev–Trinajstić information content (AvgIpc) is 2.93. The summed E-state index contributed by atoms with van der Waals surface area (Å²) < 4.78 is 11.3. The number of hydrogen-bond donors (Lipinski definition) is 1. The molecular formula is C27H30N2O3. The number of fused-ring (bicyclic) bond motifs is 2. The van der Waals surface area contributed by atoms with Crippen LogP contribution in [0.5, 0.6) is 5.75 Å². The first-order valence-corrected chi connectivity index (χ1v) is 11.3. The SMILES string of the molecule is CCOC(=O)C[C@@H]1Cc2ccc(OCCCc3ccnc(N)c3)cc2Cc2ccccc21. The Morgan fingerprint density at radius 3 is 2.81 bits per heavy atom. The van der Waals surface area contributed by atoms with E-state index in [4.69, 9.17) is 15.2 Å². The highest BCUT2D eigenvalue weighted by Crippen LogP contribution is 2.35. The van der Waals surface area contributed by atoms with Crippen molar-refractivity contribution in [2.24, 2.45) is 0 Å². The molecule has 4 rings (SSSR count). The van der Waals surface area contributed by atoms with E-state index < -0.39 is 0 Å². The smallest absolute Gasteiger partial charge is 0.306 e. The number of nitrogen functional groups attached to an aromatic ring is 1. The first kappa shape index (κ1) is 21.9. The largest absolute Gasteiger partial charge is 0.494 e. The van der Waals surface area contributed by atoms with Gasteiger partial charge in [-0.15, -0.1) is 0 Å². The van der Waals surface area contributed by atoms with Crippen molar-refractivity contribution in [1.29, 1.82) is 0 Å². The third-order valence-corrected chi connectivity index (χ3v) is 5.96. The van der Waals surface area contributed by atoms with E-state index >= 15 is 0 Å². The lowest BCUT2D eigenvalue weighted by Gasteiger charge is -2.17. The molecule has 32 heavy (non-hydrogen) atoms. The number of rotatable bonds is 8. The van der Waals surface area contributed by atoms with Crippen LogP contribution in [0.3, 0.4) is 0 Å². The highest BCUT2D eigenvalue weighted by Gasteiger charge is 2.24. The molecule has 166 valence electrons. The normalized spacial score (nSPS) is 14.7. The van der Waals surface area contributed by atoms with Crippen LogP contribution >= 0.6 is 0 Å². The van der Waals surface area contributed by atoms with Crippen molar-refractivity contribution in [2.75, 3.05) is 18.9 Å². The maximum atomic E-state index is 12.2. The standard InChI is InChI=1S/C27H30N2O3/c1-2-31-27(30)18-23-15-20-9-10-24(17-22(20)16-21-7-3-4-8-25(21)23)32-13-5-6-19-11-12-29-26(28)14-19/h3-4,7-12,14,17,23H,2,5-6,13,15-16,18H2,1H3,(H2,28,29)/t23-/m0/s1. The molecule has 5 heteroatoms. The van der Waals surface area contributed by atoms with E-state index in [2.05, 4.69) is 41.4 Å². The van der Waals surface area contributed by atoms with Gasteiger partial charge in [-0.2, -0.15) is 0 Å². The number of benzene rings is 2. The van der Waals surface area contributed by atoms with E-state index in [1.807, 2.05) is 25.1 Å². The van der Waals surface area contributed by atoms with Crippen LogP contribution in [-0.4, -0.2) is 24.2 Å². The fourth-order valence-electron chi connectivity index (χ4n) is 4.45. The Balaban J connectivity index is 1.44. The van der Waals surface area contributed by atoms with Crippen LogP contribution in [0, 0.1) is 0 Å². The van der Waals surface area contributed by atoms with E-state index in [1.165, 1.54) is 27.8 Å². The van der Waals surface area contributed by atoms with Crippen molar-refractivity contribution in [1.82, 2.24) is 4.98 Å². The first-order chi connectivity index (χ1) is 15.6. The van der Waals surface area contributed by atoms with E-state index in [-0.39, 0.29) is 11.9 Å². The number of nitrogens with two attached hydrogens (primary N) is 1. The Labute approximate surface area is 189 Å². The molecule has 3 aromatic rings. The maximum Gasteiger partial charge on any atom is 0.306 e. The lowest BCUT2D eigenvalue weighted by Crippen LogP contribution is -2.13. The molecule has 0 unspecified atom stereocenters. The van der Waals surface area contributed by atoms with Gasteiger partial charge in [0.25, 0.3) is 0 Å². The highest BCUT2D eigenvalue weighted by molar-refractivity contribution is 5.71. The van der Waals surface area contributed by atoms with Crippen molar-refractivity contribution < 1.29 is 14.3 Å². The van der Waals surface area contributed by atoms with Gasteiger partial charge < -0.3 is 15.2 Å². The summed E-state index contributed by atoms with van der Waals surface area (Å²) in [5.41, 5.74) is 12.0. The van der Waals surface area contributed by atoms with E-state index in [0.29, 0.717) is 25.5 Å². The minimum Gasteiger partial charge on any atom is -0.494 e. The monoisotopic (exact) mass is 430 g/mol. The Kier molecular flexibility index (Phi) is 7.05. The Morgan fingerprint density at radius 1 is 1.09 bits per heavy atom. The summed E-state index contributed by atoms with van der Waals surface area (Å²) in [6, 6.07) is 18.7. The molecule has 5 nitrogen and oxygen atoms in total. The number of esters is 1. The Morgan fingerprint density at radius 2 is 1.97 bits per heavy atom. The molecule has 0 spiro atoms. The van der Waals surface area contributed by atoms with Gasteiger partial charge in [0.2, 0.25) is 0 Å². The molecule has 2 aromatic carbocycles. The second kappa shape index (κ2) is 10.3. The first-order valence-electron chi connectivity index (χ1n) is 11.3. The minimum absolute atomic E-state index is 0.131. The quantitative estimate of drug-likeness (QED) is 0.408. The van der Waals surface area contributed by atoms with E-state index in [1.54, 1.807) is 6.20 Å². The molecule has 1 aliphatic carbocycles. The predicted octanol–water partition coefficient (Wildman–Crippen LogP) is 4.86. The molecule has 0 aliphatic heterocycles. The number of ether oxygens (including phenoxy) is 2. The van der Waals surface area contributed by atoms with Gasteiger partial charge in [0.1, 0.15) is 11.6 Å². The molecule has 0 saturated carbocycles. The van der Waals surface area contributed by atoms with Gasteiger partial charge in [0.05, 0.1) is 19.6 Å². The van der Waals surface area contributed by atoms with Crippen LogP contribution < -0.4 is 10.5 Å². The third-order valence-electron chi connectivity index (χ3n) is 5.96. The van der Waals surface area contributed by atoms with Crippen LogP contribution in [0.2, 0.25) is 0 Å². The summed E-state index contributed by atoms with van der Waals surface area (Å²) in [5.74, 6) is 1.44. The molecule has 1 aromatic heterocycles. The number of pyridine rings is 1. The molecule has 1 heterocycles. The molecule has 0 amide bonds.